The molecule has 1 atom stereocenters. The van der Waals surface area contributed by atoms with Crippen LogP contribution in [-0.4, -0.2) is 0 Å². The van der Waals surface area contributed by atoms with E-state index in [-0.39, 0.29) is 0 Å². The molecule has 0 radical (unpaired) electrons. The van der Waals surface area contributed by atoms with E-state index in [2.05, 4.69) is 76.9 Å². The van der Waals surface area contributed by atoms with Crippen molar-refractivity contribution < 1.29 is 0 Å². The lowest BCUT2D eigenvalue weighted by Gasteiger charge is -2.14. The molecule has 0 aliphatic rings. The smallest absolute Gasteiger partial charge is 0.0743 e. The Balaban J connectivity index is 2.47. The molecule has 1 aromatic carbocycles. The summed E-state index contributed by atoms with van der Waals surface area (Å²) >= 11 is 9.26. The van der Waals surface area contributed by atoms with Gasteiger partial charge in [0.05, 0.1) is 4.83 Å². The lowest BCUT2D eigenvalue weighted by Crippen LogP contribution is -1.96. The van der Waals surface area contributed by atoms with Crippen LogP contribution in [0.5, 0.6) is 0 Å². The van der Waals surface area contributed by atoms with Crippen LogP contribution in [0.2, 0.25) is 0 Å². The van der Waals surface area contributed by atoms with Gasteiger partial charge in [0.15, 0.2) is 0 Å². The van der Waals surface area contributed by atoms with Gasteiger partial charge >= 0.3 is 0 Å². The SMILES string of the molecule is Cc1cccc(C)c1C(Br)c1cc(Br)c(C)s1. The van der Waals surface area contributed by atoms with E-state index in [1.165, 1.54) is 30.9 Å². The highest BCUT2D eigenvalue weighted by Crippen LogP contribution is 2.40. The van der Waals surface area contributed by atoms with Gasteiger partial charge in [0.25, 0.3) is 0 Å². The minimum absolute atomic E-state index is 0.290. The van der Waals surface area contributed by atoms with Crippen LogP contribution in [0, 0.1) is 20.8 Å². The van der Waals surface area contributed by atoms with E-state index in [0.29, 0.717) is 4.83 Å². The van der Waals surface area contributed by atoms with E-state index in [9.17, 15) is 0 Å². The molecule has 90 valence electrons. The number of alkyl halides is 1. The second kappa shape index (κ2) is 5.25. The molecule has 3 heteroatoms. The third-order valence-electron chi connectivity index (χ3n) is 2.92. The minimum Gasteiger partial charge on any atom is -0.143 e. The van der Waals surface area contributed by atoms with E-state index < -0.39 is 0 Å². The van der Waals surface area contributed by atoms with Crippen LogP contribution in [0.25, 0.3) is 0 Å². The first-order valence-corrected chi connectivity index (χ1v) is 7.99. The molecule has 2 rings (SSSR count). The summed E-state index contributed by atoms with van der Waals surface area (Å²) in [6, 6.07) is 8.67. The first-order valence-electron chi connectivity index (χ1n) is 5.46. The molecule has 1 aromatic heterocycles. The molecule has 1 heterocycles. The monoisotopic (exact) mass is 372 g/mol. The van der Waals surface area contributed by atoms with E-state index in [0.717, 1.165) is 0 Å². The van der Waals surface area contributed by atoms with Crippen molar-refractivity contribution in [1.82, 2.24) is 0 Å². The van der Waals surface area contributed by atoms with Gasteiger partial charge in [-0.2, -0.15) is 0 Å². The average Bonchev–Trinajstić information content (AvgIpc) is 2.59. The quantitative estimate of drug-likeness (QED) is 0.573. The molecular weight excluding hydrogens is 360 g/mol. The molecule has 0 nitrogen and oxygen atoms in total. The first kappa shape index (κ1) is 13.3. The molecule has 0 saturated carbocycles. The van der Waals surface area contributed by atoms with Gasteiger partial charge in [-0.15, -0.1) is 11.3 Å². The number of hydrogen-bond acceptors (Lipinski definition) is 1. The van der Waals surface area contributed by atoms with Gasteiger partial charge in [0.2, 0.25) is 0 Å². The molecule has 0 fully saturated rings. The van der Waals surface area contributed by atoms with E-state index >= 15 is 0 Å². The van der Waals surface area contributed by atoms with Crippen molar-refractivity contribution in [2.24, 2.45) is 0 Å². The maximum Gasteiger partial charge on any atom is 0.0743 e. The Morgan fingerprint density at radius 3 is 2.18 bits per heavy atom. The van der Waals surface area contributed by atoms with Gasteiger partial charge in [-0.25, -0.2) is 0 Å². The summed E-state index contributed by atoms with van der Waals surface area (Å²) in [4.78, 5) is 2.97. The molecule has 0 aliphatic heterocycles. The third kappa shape index (κ3) is 2.67. The van der Waals surface area contributed by atoms with Crippen molar-refractivity contribution in [3.05, 3.63) is 55.2 Å². The van der Waals surface area contributed by atoms with Crippen molar-refractivity contribution >= 4 is 43.2 Å². The molecule has 0 bridgehead atoms. The minimum atomic E-state index is 0.290. The Morgan fingerprint density at radius 1 is 1.12 bits per heavy atom. The topological polar surface area (TPSA) is 0 Å². The summed E-state index contributed by atoms with van der Waals surface area (Å²) in [5, 5.41) is 0. The number of aryl methyl sites for hydroxylation is 3. The second-order valence-electron chi connectivity index (χ2n) is 4.22. The average molecular weight is 374 g/mol. The predicted molar refractivity (Wildman–Crippen MR) is 83.4 cm³/mol. The van der Waals surface area contributed by atoms with Crippen molar-refractivity contribution in [2.75, 3.05) is 0 Å². The highest BCUT2D eigenvalue weighted by atomic mass is 79.9. The zero-order valence-corrected chi connectivity index (χ0v) is 14.0. The summed E-state index contributed by atoms with van der Waals surface area (Å²) in [6.07, 6.45) is 0. The zero-order chi connectivity index (χ0) is 12.6. The number of thiophene rings is 1. The molecule has 0 amide bonds. The third-order valence-corrected chi connectivity index (χ3v) is 6.38. The summed E-state index contributed by atoms with van der Waals surface area (Å²) in [5.41, 5.74) is 4.07. The first-order chi connectivity index (χ1) is 8.00. The number of rotatable bonds is 2. The maximum atomic E-state index is 3.83. The van der Waals surface area contributed by atoms with Crippen LogP contribution in [-0.2, 0) is 0 Å². The second-order valence-corrected chi connectivity index (χ2v) is 7.28. The molecule has 0 spiro atoms. The highest BCUT2D eigenvalue weighted by molar-refractivity contribution is 9.10. The number of hydrogen-bond donors (Lipinski definition) is 0. The normalized spacial score (nSPS) is 12.8. The molecule has 1 unspecified atom stereocenters. The van der Waals surface area contributed by atoms with Gasteiger partial charge in [-0.05, 0) is 59.5 Å². The van der Waals surface area contributed by atoms with Crippen molar-refractivity contribution in [1.29, 1.82) is 0 Å². The van der Waals surface area contributed by atoms with Gasteiger partial charge < -0.3 is 0 Å². The molecule has 2 aromatic rings. The van der Waals surface area contributed by atoms with Crippen LogP contribution in [0.1, 0.15) is 31.3 Å². The van der Waals surface area contributed by atoms with Crippen molar-refractivity contribution in [3.8, 4) is 0 Å². The van der Waals surface area contributed by atoms with E-state index in [1.807, 2.05) is 11.3 Å². The lowest BCUT2D eigenvalue weighted by molar-refractivity contribution is 1.14. The van der Waals surface area contributed by atoms with Gasteiger partial charge in [0.1, 0.15) is 0 Å². The Hall–Kier alpha value is -0.120. The van der Waals surface area contributed by atoms with E-state index in [4.69, 9.17) is 0 Å². The van der Waals surface area contributed by atoms with Gasteiger partial charge in [-0.1, -0.05) is 34.1 Å². The Bertz CT molecular complexity index is 503. The summed E-state index contributed by atoms with van der Waals surface area (Å²) in [5.74, 6) is 0. The molecule has 0 N–H and O–H groups in total. The summed E-state index contributed by atoms with van der Waals surface area (Å²) in [6.45, 7) is 6.49. The molecule has 0 saturated heterocycles. The van der Waals surface area contributed by atoms with Gasteiger partial charge in [-0.3, -0.25) is 0 Å². The van der Waals surface area contributed by atoms with Crippen LogP contribution in [0.4, 0.5) is 0 Å². The number of benzene rings is 1. The largest absolute Gasteiger partial charge is 0.143 e. The fourth-order valence-corrected chi connectivity index (χ4v) is 4.66. The Morgan fingerprint density at radius 2 is 1.71 bits per heavy atom. The van der Waals surface area contributed by atoms with Gasteiger partial charge in [0, 0.05) is 14.2 Å². The van der Waals surface area contributed by atoms with Crippen LogP contribution < -0.4 is 0 Å². The van der Waals surface area contributed by atoms with E-state index in [1.54, 1.807) is 0 Å². The Kier molecular flexibility index (Phi) is 4.11. The van der Waals surface area contributed by atoms with Crippen molar-refractivity contribution in [2.45, 2.75) is 25.6 Å². The fraction of sp³-hybridized carbons (Fsp3) is 0.286. The van der Waals surface area contributed by atoms with Crippen molar-refractivity contribution in [3.63, 3.8) is 0 Å². The standard InChI is InChI=1S/C14H14Br2S/c1-8-5-4-6-9(2)13(8)14(16)12-7-11(15)10(3)17-12/h4-7,14H,1-3H3. The fourth-order valence-electron chi connectivity index (χ4n) is 1.98. The highest BCUT2D eigenvalue weighted by Gasteiger charge is 2.17. The summed E-state index contributed by atoms with van der Waals surface area (Å²) in [7, 11) is 0. The summed E-state index contributed by atoms with van der Waals surface area (Å²) < 4.78 is 1.20. The molecule has 17 heavy (non-hydrogen) atoms. The lowest BCUT2D eigenvalue weighted by atomic mass is 9.99. The molecule has 0 aliphatic carbocycles. The van der Waals surface area contributed by atoms with Crippen LogP contribution >= 0.6 is 43.2 Å². The molecular formula is C14H14Br2S. The Labute approximate surface area is 123 Å². The van der Waals surface area contributed by atoms with Crippen LogP contribution in [0.15, 0.2) is 28.7 Å². The number of halogens is 2. The zero-order valence-electron chi connectivity index (χ0n) is 10.1. The predicted octanol–water partition coefficient (Wildman–Crippen LogP) is 5.92. The maximum absolute atomic E-state index is 3.83. The van der Waals surface area contributed by atoms with Crippen LogP contribution in [0.3, 0.4) is 0 Å².